The SMILES string of the molecule is C[C@@H](O)C[NH2+]Cc1ccccc1OCc1ccccc1F. The van der Waals surface area contributed by atoms with Crippen LogP contribution in [0.4, 0.5) is 4.39 Å². The largest absolute Gasteiger partial charge is 0.488 e. The molecule has 0 saturated carbocycles. The first-order valence-corrected chi connectivity index (χ1v) is 7.10. The number of halogens is 1. The summed E-state index contributed by atoms with van der Waals surface area (Å²) in [6.45, 7) is 3.33. The normalized spacial score (nSPS) is 12.1. The van der Waals surface area contributed by atoms with Crippen LogP contribution in [0.15, 0.2) is 48.5 Å². The summed E-state index contributed by atoms with van der Waals surface area (Å²) in [7, 11) is 0. The Morgan fingerprint density at radius 2 is 1.76 bits per heavy atom. The topological polar surface area (TPSA) is 46.1 Å². The quantitative estimate of drug-likeness (QED) is 0.817. The standard InChI is InChI=1S/C17H20FNO2/c1-13(20)10-19-11-14-6-3-5-9-17(14)21-12-15-7-2-4-8-16(15)18/h2-9,13,19-20H,10-12H2,1H3/p+1/t13-/m1/s1. The second-order valence-corrected chi connectivity index (χ2v) is 5.07. The van der Waals surface area contributed by atoms with Gasteiger partial charge >= 0.3 is 0 Å². The van der Waals surface area contributed by atoms with Gasteiger partial charge in [-0.05, 0) is 25.1 Å². The highest BCUT2D eigenvalue weighted by atomic mass is 19.1. The zero-order valence-electron chi connectivity index (χ0n) is 12.1. The van der Waals surface area contributed by atoms with Gasteiger partial charge in [0.15, 0.2) is 0 Å². The minimum atomic E-state index is -0.337. The van der Waals surface area contributed by atoms with Crippen LogP contribution in [0, 0.1) is 5.82 Å². The molecule has 112 valence electrons. The molecule has 3 N–H and O–H groups in total. The van der Waals surface area contributed by atoms with Gasteiger partial charge in [-0.2, -0.15) is 0 Å². The van der Waals surface area contributed by atoms with E-state index in [9.17, 15) is 9.50 Å². The highest BCUT2D eigenvalue weighted by molar-refractivity contribution is 5.33. The highest BCUT2D eigenvalue weighted by Gasteiger charge is 2.07. The van der Waals surface area contributed by atoms with Gasteiger partial charge in [0, 0.05) is 11.1 Å². The molecular formula is C17H21FNO2+. The maximum atomic E-state index is 13.6. The van der Waals surface area contributed by atoms with Gasteiger partial charge in [0.25, 0.3) is 0 Å². The van der Waals surface area contributed by atoms with Crippen molar-refractivity contribution in [1.29, 1.82) is 0 Å². The summed E-state index contributed by atoms with van der Waals surface area (Å²) in [5, 5.41) is 11.3. The maximum Gasteiger partial charge on any atom is 0.129 e. The average Bonchev–Trinajstić information content (AvgIpc) is 2.47. The molecule has 0 bridgehead atoms. The number of aliphatic hydroxyl groups excluding tert-OH is 1. The number of aliphatic hydroxyl groups is 1. The Bertz CT molecular complexity index is 572. The van der Waals surface area contributed by atoms with E-state index in [1.54, 1.807) is 25.1 Å². The van der Waals surface area contributed by atoms with E-state index >= 15 is 0 Å². The molecule has 4 heteroatoms. The fourth-order valence-electron chi connectivity index (χ4n) is 2.06. The number of hydrogen-bond donors (Lipinski definition) is 2. The van der Waals surface area contributed by atoms with E-state index in [2.05, 4.69) is 0 Å². The molecule has 0 radical (unpaired) electrons. The van der Waals surface area contributed by atoms with Gasteiger partial charge in [-0.1, -0.05) is 30.3 Å². The first kappa shape index (κ1) is 15.5. The van der Waals surface area contributed by atoms with Gasteiger partial charge in [-0.3, -0.25) is 0 Å². The zero-order valence-corrected chi connectivity index (χ0v) is 12.1. The van der Waals surface area contributed by atoms with Crippen LogP contribution >= 0.6 is 0 Å². The van der Waals surface area contributed by atoms with Gasteiger partial charge in [0.05, 0.1) is 6.10 Å². The van der Waals surface area contributed by atoms with E-state index in [0.717, 1.165) is 17.9 Å². The molecule has 0 unspecified atom stereocenters. The van der Waals surface area contributed by atoms with Crippen molar-refractivity contribution in [2.24, 2.45) is 0 Å². The number of ether oxygens (including phenoxy) is 1. The number of quaternary nitrogens is 1. The molecule has 2 aromatic carbocycles. The van der Waals surface area contributed by atoms with Crippen molar-refractivity contribution in [1.82, 2.24) is 0 Å². The van der Waals surface area contributed by atoms with Gasteiger partial charge in [0.2, 0.25) is 0 Å². The van der Waals surface area contributed by atoms with Crippen molar-refractivity contribution in [3.8, 4) is 5.75 Å². The van der Waals surface area contributed by atoms with Crippen LogP contribution < -0.4 is 10.1 Å². The molecule has 2 aromatic rings. The average molecular weight is 290 g/mol. The lowest BCUT2D eigenvalue weighted by Gasteiger charge is -2.11. The summed E-state index contributed by atoms with van der Waals surface area (Å²) < 4.78 is 19.3. The van der Waals surface area contributed by atoms with Crippen LogP contribution in [-0.2, 0) is 13.2 Å². The fraction of sp³-hybridized carbons (Fsp3) is 0.294. The van der Waals surface area contributed by atoms with Gasteiger partial charge < -0.3 is 15.2 Å². The van der Waals surface area contributed by atoms with Crippen molar-refractivity contribution >= 4 is 0 Å². The Kier molecular flexibility index (Phi) is 5.72. The number of benzene rings is 2. The minimum Gasteiger partial charge on any atom is -0.488 e. The van der Waals surface area contributed by atoms with Gasteiger partial charge in [0.1, 0.15) is 31.3 Å². The summed E-state index contributed by atoms with van der Waals surface area (Å²) in [6.07, 6.45) is -0.337. The van der Waals surface area contributed by atoms with E-state index in [4.69, 9.17) is 4.74 Å². The van der Waals surface area contributed by atoms with Crippen LogP contribution in [0.2, 0.25) is 0 Å². The summed E-state index contributed by atoms with van der Waals surface area (Å²) in [5.74, 6) is 0.498. The summed E-state index contributed by atoms with van der Waals surface area (Å²) >= 11 is 0. The first-order chi connectivity index (χ1) is 10.2. The molecule has 0 aromatic heterocycles. The summed E-state index contributed by atoms with van der Waals surface area (Å²) in [5.41, 5.74) is 1.58. The van der Waals surface area contributed by atoms with Crippen molar-refractivity contribution in [3.63, 3.8) is 0 Å². The van der Waals surface area contributed by atoms with Crippen molar-refractivity contribution < 1.29 is 19.6 Å². The Balaban J connectivity index is 1.98. The molecule has 2 rings (SSSR count). The van der Waals surface area contributed by atoms with E-state index in [1.807, 2.05) is 29.6 Å². The van der Waals surface area contributed by atoms with E-state index in [1.165, 1.54) is 6.07 Å². The molecule has 0 amide bonds. The second kappa shape index (κ2) is 7.76. The number of nitrogens with two attached hydrogens (primary N) is 1. The molecule has 0 heterocycles. The monoisotopic (exact) mass is 290 g/mol. The Morgan fingerprint density at radius 1 is 1.10 bits per heavy atom. The van der Waals surface area contributed by atoms with Gasteiger partial charge in [-0.15, -0.1) is 0 Å². The van der Waals surface area contributed by atoms with Crippen LogP contribution in [-0.4, -0.2) is 17.8 Å². The molecule has 1 atom stereocenters. The molecule has 0 aliphatic rings. The molecule has 21 heavy (non-hydrogen) atoms. The smallest absolute Gasteiger partial charge is 0.129 e. The van der Waals surface area contributed by atoms with E-state index in [0.29, 0.717) is 12.1 Å². The lowest BCUT2D eigenvalue weighted by atomic mass is 10.2. The second-order valence-electron chi connectivity index (χ2n) is 5.07. The number of para-hydroxylation sites is 1. The predicted molar refractivity (Wildman–Crippen MR) is 79.4 cm³/mol. The van der Waals surface area contributed by atoms with Gasteiger partial charge in [-0.25, -0.2) is 4.39 Å². The fourth-order valence-corrected chi connectivity index (χ4v) is 2.06. The summed E-state index contributed by atoms with van der Waals surface area (Å²) in [4.78, 5) is 0. The Labute approximate surface area is 124 Å². The molecule has 0 spiro atoms. The van der Waals surface area contributed by atoms with E-state index in [-0.39, 0.29) is 18.5 Å². The minimum absolute atomic E-state index is 0.208. The number of rotatable bonds is 7. The van der Waals surface area contributed by atoms with Crippen molar-refractivity contribution in [3.05, 3.63) is 65.5 Å². The maximum absolute atomic E-state index is 13.6. The Hall–Kier alpha value is -1.91. The van der Waals surface area contributed by atoms with Crippen LogP contribution in [0.3, 0.4) is 0 Å². The van der Waals surface area contributed by atoms with E-state index < -0.39 is 0 Å². The lowest BCUT2D eigenvalue weighted by Crippen LogP contribution is -2.84. The van der Waals surface area contributed by atoms with Crippen molar-refractivity contribution in [2.45, 2.75) is 26.2 Å². The molecular weight excluding hydrogens is 269 g/mol. The zero-order chi connectivity index (χ0) is 15.1. The molecule has 0 fully saturated rings. The van der Waals surface area contributed by atoms with Crippen LogP contribution in [0.25, 0.3) is 0 Å². The third kappa shape index (κ3) is 4.85. The first-order valence-electron chi connectivity index (χ1n) is 7.10. The van der Waals surface area contributed by atoms with Crippen molar-refractivity contribution in [2.75, 3.05) is 6.54 Å². The summed E-state index contributed by atoms with van der Waals surface area (Å²) in [6, 6.07) is 14.3. The third-order valence-corrected chi connectivity index (χ3v) is 3.19. The lowest BCUT2D eigenvalue weighted by molar-refractivity contribution is -0.676. The molecule has 0 aliphatic carbocycles. The predicted octanol–water partition coefficient (Wildman–Crippen LogP) is 1.85. The molecule has 0 saturated heterocycles. The van der Waals surface area contributed by atoms with Crippen LogP contribution in [0.5, 0.6) is 5.75 Å². The third-order valence-electron chi connectivity index (χ3n) is 3.19. The highest BCUT2D eigenvalue weighted by Crippen LogP contribution is 2.19. The molecule has 3 nitrogen and oxygen atoms in total. The Morgan fingerprint density at radius 3 is 2.48 bits per heavy atom. The van der Waals surface area contributed by atoms with Crippen LogP contribution in [0.1, 0.15) is 18.1 Å². The number of hydrogen-bond acceptors (Lipinski definition) is 2. The molecule has 0 aliphatic heterocycles.